The minimum absolute atomic E-state index is 0.0980. The van der Waals surface area contributed by atoms with Crippen LogP contribution in [0.3, 0.4) is 0 Å². The first-order valence-corrected chi connectivity index (χ1v) is 6.99. The number of rotatable bonds is 8. The van der Waals surface area contributed by atoms with Crippen LogP contribution in [-0.4, -0.2) is 18.9 Å². The summed E-state index contributed by atoms with van der Waals surface area (Å²) in [4.78, 5) is 2.09. The molecule has 3 N–H and O–H groups in total. The lowest BCUT2D eigenvalue weighted by molar-refractivity contribution is 0.604. The number of nitrogens with zero attached hydrogens (tertiary/aromatic N) is 1. The predicted molar refractivity (Wildman–Crippen MR) is 79.4 cm³/mol. The van der Waals surface area contributed by atoms with Crippen LogP contribution < -0.4 is 10.6 Å². The van der Waals surface area contributed by atoms with Gasteiger partial charge in [0, 0.05) is 18.7 Å². The second kappa shape index (κ2) is 7.77. The van der Waals surface area contributed by atoms with Crippen LogP contribution in [0.15, 0.2) is 18.2 Å². The highest BCUT2D eigenvalue weighted by atomic mass is 19.1. The Morgan fingerprint density at radius 1 is 1.21 bits per heavy atom. The maximum atomic E-state index is 14.1. The molecule has 0 aromatic heterocycles. The summed E-state index contributed by atoms with van der Waals surface area (Å²) in [7, 11) is 0. The Hall–Kier alpha value is -1.58. The first kappa shape index (κ1) is 15.5. The molecule has 0 heterocycles. The molecule has 0 radical (unpaired) electrons. The van der Waals surface area contributed by atoms with E-state index in [2.05, 4.69) is 18.7 Å². The molecule has 0 atom stereocenters. The van der Waals surface area contributed by atoms with E-state index in [4.69, 9.17) is 11.1 Å². The molecule has 1 rings (SSSR count). The van der Waals surface area contributed by atoms with Crippen molar-refractivity contribution in [3.63, 3.8) is 0 Å². The van der Waals surface area contributed by atoms with Gasteiger partial charge < -0.3 is 10.6 Å². The Morgan fingerprint density at radius 2 is 1.79 bits per heavy atom. The van der Waals surface area contributed by atoms with Crippen molar-refractivity contribution in [2.45, 2.75) is 39.5 Å². The average Bonchev–Trinajstić information content (AvgIpc) is 2.39. The number of anilines is 1. The van der Waals surface area contributed by atoms with Crippen LogP contribution in [-0.2, 0) is 0 Å². The standard InChI is InChI=1S/C15H24FN3/c1-3-5-9-19(10-6-4-2)14-8-7-12(15(17)18)11-13(14)16/h7-8,11H,3-6,9-10H2,1-2H3,(H3,17,18). The summed E-state index contributed by atoms with van der Waals surface area (Å²) < 4.78 is 14.1. The third kappa shape index (κ3) is 4.54. The number of unbranched alkanes of at least 4 members (excludes halogenated alkanes) is 2. The van der Waals surface area contributed by atoms with Gasteiger partial charge in [0.2, 0.25) is 0 Å². The van der Waals surface area contributed by atoms with E-state index in [-0.39, 0.29) is 11.7 Å². The Kier molecular flexibility index (Phi) is 6.33. The molecule has 106 valence electrons. The number of nitrogen functional groups attached to an aromatic ring is 1. The number of nitrogens with one attached hydrogen (secondary N) is 1. The fourth-order valence-electron chi connectivity index (χ4n) is 1.98. The number of benzene rings is 1. The van der Waals surface area contributed by atoms with Gasteiger partial charge >= 0.3 is 0 Å². The van der Waals surface area contributed by atoms with Gasteiger partial charge in [0.25, 0.3) is 0 Å². The predicted octanol–water partition coefficient (Wildman–Crippen LogP) is 3.52. The number of amidine groups is 1. The molecule has 0 aliphatic carbocycles. The largest absolute Gasteiger partial charge is 0.384 e. The van der Waals surface area contributed by atoms with Gasteiger partial charge in [-0.25, -0.2) is 4.39 Å². The third-order valence-electron chi connectivity index (χ3n) is 3.16. The summed E-state index contributed by atoms with van der Waals surface area (Å²) in [6.07, 6.45) is 4.29. The zero-order valence-corrected chi connectivity index (χ0v) is 11.9. The Morgan fingerprint density at radius 3 is 2.21 bits per heavy atom. The highest BCUT2D eigenvalue weighted by Crippen LogP contribution is 2.21. The van der Waals surface area contributed by atoms with Crippen molar-refractivity contribution in [2.24, 2.45) is 5.73 Å². The molecule has 1 aromatic carbocycles. The molecule has 0 bridgehead atoms. The summed E-state index contributed by atoms with van der Waals surface area (Å²) in [5.74, 6) is -0.390. The van der Waals surface area contributed by atoms with Crippen LogP contribution in [0, 0.1) is 11.2 Å². The van der Waals surface area contributed by atoms with E-state index in [1.165, 1.54) is 6.07 Å². The van der Waals surface area contributed by atoms with Gasteiger partial charge in [0.15, 0.2) is 0 Å². The van der Waals surface area contributed by atoms with Crippen molar-refractivity contribution in [1.29, 1.82) is 5.41 Å². The van der Waals surface area contributed by atoms with E-state index >= 15 is 0 Å². The van der Waals surface area contributed by atoms with E-state index in [1.807, 2.05) is 0 Å². The van der Waals surface area contributed by atoms with Crippen molar-refractivity contribution >= 4 is 11.5 Å². The maximum absolute atomic E-state index is 14.1. The van der Waals surface area contributed by atoms with E-state index in [9.17, 15) is 4.39 Å². The van der Waals surface area contributed by atoms with Gasteiger partial charge in [-0.1, -0.05) is 26.7 Å². The first-order chi connectivity index (χ1) is 9.10. The maximum Gasteiger partial charge on any atom is 0.147 e. The molecule has 0 saturated heterocycles. The van der Waals surface area contributed by atoms with Crippen molar-refractivity contribution in [2.75, 3.05) is 18.0 Å². The number of halogens is 1. The van der Waals surface area contributed by atoms with E-state index < -0.39 is 0 Å². The fraction of sp³-hybridized carbons (Fsp3) is 0.533. The van der Waals surface area contributed by atoms with Gasteiger partial charge in [-0.3, -0.25) is 5.41 Å². The Bertz CT molecular complexity index is 410. The molecule has 1 aromatic rings. The van der Waals surface area contributed by atoms with Gasteiger partial charge in [-0.2, -0.15) is 0 Å². The SMILES string of the molecule is CCCCN(CCCC)c1ccc(C(=N)N)cc1F. The fourth-order valence-corrected chi connectivity index (χ4v) is 1.98. The molecule has 0 aliphatic rings. The van der Waals surface area contributed by atoms with Crippen molar-refractivity contribution in [1.82, 2.24) is 0 Å². The van der Waals surface area contributed by atoms with Crippen LogP contribution >= 0.6 is 0 Å². The third-order valence-corrected chi connectivity index (χ3v) is 3.16. The number of nitrogens with two attached hydrogens (primary N) is 1. The first-order valence-electron chi connectivity index (χ1n) is 6.99. The summed E-state index contributed by atoms with van der Waals surface area (Å²) >= 11 is 0. The topological polar surface area (TPSA) is 53.1 Å². The minimum atomic E-state index is -0.292. The molecular weight excluding hydrogens is 241 g/mol. The second-order valence-corrected chi connectivity index (χ2v) is 4.77. The van der Waals surface area contributed by atoms with E-state index in [0.29, 0.717) is 11.3 Å². The van der Waals surface area contributed by atoms with Gasteiger partial charge in [0.05, 0.1) is 5.69 Å². The summed E-state index contributed by atoms with van der Waals surface area (Å²) in [6, 6.07) is 4.80. The Balaban J connectivity index is 2.90. The lowest BCUT2D eigenvalue weighted by atomic mass is 10.1. The zero-order valence-electron chi connectivity index (χ0n) is 11.9. The van der Waals surface area contributed by atoms with Crippen molar-refractivity contribution in [3.8, 4) is 0 Å². The van der Waals surface area contributed by atoms with Gasteiger partial charge in [-0.15, -0.1) is 0 Å². The van der Waals surface area contributed by atoms with Crippen LogP contribution in [0.25, 0.3) is 0 Å². The summed E-state index contributed by atoms with van der Waals surface area (Å²) in [6.45, 7) is 6.00. The molecule has 3 nitrogen and oxygen atoms in total. The van der Waals surface area contributed by atoms with Crippen LogP contribution in [0.5, 0.6) is 0 Å². The van der Waals surface area contributed by atoms with Crippen LogP contribution in [0.4, 0.5) is 10.1 Å². The molecule has 0 saturated carbocycles. The molecule has 4 heteroatoms. The number of hydrogen-bond donors (Lipinski definition) is 2. The lowest BCUT2D eigenvalue weighted by Gasteiger charge is -2.25. The highest BCUT2D eigenvalue weighted by molar-refractivity contribution is 5.95. The number of hydrogen-bond acceptors (Lipinski definition) is 2. The zero-order chi connectivity index (χ0) is 14.3. The van der Waals surface area contributed by atoms with Gasteiger partial charge in [-0.05, 0) is 31.0 Å². The quantitative estimate of drug-likeness (QED) is 0.558. The molecule has 0 aliphatic heterocycles. The van der Waals surface area contributed by atoms with Crippen LogP contribution in [0.2, 0.25) is 0 Å². The van der Waals surface area contributed by atoms with Gasteiger partial charge in [0.1, 0.15) is 11.7 Å². The minimum Gasteiger partial charge on any atom is -0.384 e. The van der Waals surface area contributed by atoms with E-state index in [0.717, 1.165) is 38.8 Å². The Labute approximate surface area is 115 Å². The second-order valence-electron chi connectivity index (χ2n) is 4.77. The normalized spacial score (nSPS) is 10.5. The monoisotopic (exact) mass is 265 g/mol. The van der Waals surface area contributed by atoms with Crippen LogP contribution in [0.1, 0.15) is 45.1 Å². The van der Waals surface area contributed by atoms with Crippen molar-refractivity contribution in [3.05, 3.63) is 29.6 Å². The highest BCUT2D eigenvalue weighted by Gasteiger charge is 2.12. The molecule has 19 heavy (non-hydrogen) atoms. The lowest BCUT2D eigenvalue weighted by Crippen LogP contribution is -2.26. The molecule has 0 spiro atoms. The van der Waals surface area contributed by atoms with E-state index in [1.54, 1.807) is 12.1 Å². The average molecular weight is 265 g/mol. The molecule has 0 amide bonds. The molecule has 0 fully saturated rings. The summed E-state index contributed by atoms with van der Waals surface area (Å²) in [5, 5.41) is 7.33. The molecule has 0 unspecified atom stereocenters. The van der Waals surface area contributed by atoms with Crippen molar-refractivity contribution < 1.29 is 4.39 Å². The summed E-state index contributed by atoms with van der Waals surface area (Å²) in [5.41, 5.74) is 6.43. The smallest absolute Gasteiger partial charge is 0.147 e. The molecular formula is C15H24FN3.